The fourth-order valence-corrected chi connectivity index (χ4v) is 4.46. The lowest BCUT2D eigenvalue weighted by atomic mass is 10.2. The van der Waals surface area contributed by atoms with Crippen LogP contribution in [0.25, 0.3) is 0 Å². The van der Waals surface area contributed by atoms with Crippen LogP contribution in [-0.2, 0) is 6.42 Å². The van der Waals surface area contributed by atoms with Crippen molar-refractivity contribution in [3.63, 3.8) is 0 Å². The van der Waals surface area contributed by atoms with E-state index in [0.717, 1.165) is 42.9 Å². The van der Waals surface area contributed by atoms with Crippen molar-refractivity contribution in [3.8, 4) is 0 Å². The number of nitrogens with one attached hydrogen (secondary N) is 2. The molecule has 0 unspecified atom stereocenters. The van der Waals surface area contributed by atoms with E-state index in [9.17, 15) is 0 Å². The predicted molar refractivity (Wildman–Crippen MR) is 115 cm³/mol. The van der Waals surface area contributed by atoms with Gasteiger partial charge in [-0.05, 0) is 50.4 Å². The molecule has 0 aliphatic heterocycles. The van der Waals surface area contributed by atoms with Crippen LogP contribution in [0, 0.1) is 0 Å². The molecule has 0 atom stereocenters. The molecule has 2 rings (SSSR count). The Bertz CT molecular complexity index is 540. The van der Waals surface area contributed by atoms with E-state index in [0.29, 0.717) is 6.04 Å². The second-order valence-electron chi connectivity index (χ2n) is 6.64. The van der Waals surface area contributed by atoms with Gasteiger partial charge in [0.25, 0.3) is 0 Å². The monoisotopic (exact) mass is 398 g/mol. The summed E-state index contributed by atoms with van der Waals surface area (Å²) in [4.78, 5) is 4.30. The van der Waals surface area contributed by atoms with Crippen molar-refractivity contribution in [2.24, 2.45) is 4.99 Å². The predicted octanol–water partition coefficient (Wildman–Crippen LogP) is 3.36. The standard InChI is InChI=1S/C18H34N6S2/c1-19-17(20-12-6-7-14-25-2)21-13-8-11-16-22-23-18(26-3)24(16)15-9-4-5-10-15/h15H,4-14H2,1-3H3,(H2,19,20,21). The Labute approximate surface area is 166 Å². The summed E-state index contributed by atoms with van der Waals surface area (Å²) >= 11 is 3.61. The Morgan fingerprint density at radius 2 is 1.85 bits per heavy atom. The van der Waals surface area contributed by atoms with Gasteiger partial charge >= 0.3 is 0 Å². The quantitative estimate of drug-likeness (QED) is 0.258. The van der Waals surface area contributed by atoms with Gasteiger partial charge in [-0.3, -0.25) is 4.99 Å². The van der Waals surface area contributed by atoms with E-state index in [2.05, 4.69) is 42.9 Å². The number of hydrogen-bond acceptors (Lipinski definition) is 5. The summed E-state index contributed by atoms with van der Waals surface area (Å²) in [5.41, 5.74) is 0. The molecule has 2 N–H and O–H groups in total. The fraction of sp³-hybridized carbons (Fsp3) is 0.833. The third-order valence-electron chi connectivity index (χ3n) is 4.77. The summed E-state index contributed by atoms with van der Waals surface area (Å²) in [5, 5.41) is 16.7. The smallest absolute Gasteiger partial charge is 0.191 e. The molecule has 0 aromatic carbocycles. The number of nitrogens with zero attached hydrogens (tertiary/aromatic N) is 4. The minimum Gasteiger partial charge on any atom is -0.356 e. The molecule has 1 aromatic heterocycles. The molecule has 0 radical (unpaired) electrons. The zero-order valence-corrected chi connectivity index (χ0v) is 18.1. The molecule has 0 spiro atoms. The summed E-state index contributed by atoms with van der Waals surface area (Å²) in [5.74, 6) is 3.27. The van der Waals surface area contributed by atoms with Crippen LogP contribution in [0.2, 0.25) is 0 Å². The molecule has 6 nitrogen and oxygen atoms in total. The van der Waals surface area contributed by atoms with E-state index in [4.69, 9.17) is 0 Å². The highest BCUT2D eigenvalue weighted by Gasteiger charge is 2.23. The van der Waals surface area contributed by atoms with Crippen molar-refractivity contribution in [1.29, 1.82) is 0 Å². The van der Waals surface area contributed by atoms with Gasteiger partial charge in [0.1, 0.15) is 5.82 Å². The zero-order chi connectivity index (χ0) is 18.6. The molecule has 0 saturated heterocycles. The molecule has 1 aliphatic carbocycles. The van der Waals surface area contributed by atoms with Gasteiger partial charge in [-0.1, -0.05) is 24.6 Å². The second-order valence-corrected chi connectivity index (χ2v) is 8.40. The first-order valence-electron chi connectivity index (χ1n) is 9.71. The Morgan fingerprint density at radius 3 is 2.50 bits per heavy atom. The highest BCUT2D eigenvalue weighted by Crippen LogP contribution is 2.33. The minimum absolute atomic E-state index is 0.603. The number of guanidine groups is 1. The molecule has 26 heavy (non-hydrogen) atoms. The third-order valence-corrected chi connectivity index (χ3v) is 6.11. The molecule has 0 amide bonds. The Balaban J connectivity index is 1.73. The molecule has 1 saturated carbocycles. The van der Waals surface area contributed by atoms with E-state index in [1.807, 2.05) is 18.8 Å². The normalized spacial score (nSPS) is 15.6. The van der Waals surface area contributed by atoms with E-state index >= 15 is 0 Å². The zero-order valence-electron chi connectivity index (χ0n) is 16.5. The maximum absolute atomic E-state index is 4.46. The maximum atomic E-state index is 4.46. The molecule has 1 aliphatic rings. The van der Waals surface area contributed by atoms with Crippen LogP contribution in [0.5, 0.6) is 0 Å². The van der Waals surface area contributed by atoms with Crippen molar-refractivity contribution >= 4 is 29.5 Å². The van der Waals surface area contributed by atoms with Crippen LogP contribution in [0.4, 0.5) is 0 Å². The Hall–Kier alpha value is -0.890. The first kappa shape index (κ1) is 21.4. The largest absolute Gasteiger partial charge is 0.356 e. The molecular weight excluding hydrogens is 364 g/mol. The van der Waals surface area contributed by atoms with Gasteiger partial charge in [0, 0.05) is 32.6 Å². The average Bonchev–Trinajstić information content (AvgIpc) is 3.32. The molecule has 148 valence electrons. The van der Waals surface area contributed by atoms with Gasteiger partial charge in [-0.2, -0.15) is 11.8 Å². The van der Waals surface area contributed by atoms with Crippen LogP contribution in [0.3, 0.4) is 0 Å². The van der Waals surface area contributed by atoms with E-state index in [-0.39, 0.29) is 0 Å². The Kier molecular flexibility index (Phi) is 10.3. The van der Waals surface area contributed by atoms with Crippen LogP contribution in [-0.4, -0.2) is 59.1 Å². The number of aryl methyl sites for hydroxylation is 1. The van der Waals surface area contributed by atoms with E-state index in [1.54, 1.807) is 11.8 Å². The van der Waals surface area contributed by atoms with Gasteiger partial charge in [-0.25, -0.2) is 0 Å². The van der Waals surface area contributed by atoms with Crippen LogP contribution < -0.4 is 10.6 Å². The molecular formula is C18H34N6S2. The first-order valence-corrected chi connectivity index (χ1v) is 12.3. The average molecular weight is 399 g/mol. The summed E-state index contributed by atoms with van der Waals surface area (Å²) in [6.45, 7) is 1.88. The second kappa shape index (κ2) is 12.5. The van der Waals surface area contributed by atoms with Gasteiger partial charge in [0.15, 0.2) is 11.1 Å². The van der Waals surface area contributed by atoms with Gasteiger partial charge in [0.05, 0.1) is 0 Å². The maximum Gasteiger partial charge on any atom is 0.191 e. The van der Waals surface area contributed by atoms with E-state index in [1.165, 1.54) is 44.3 Å². The van der Waals surface area contributed by atoms with Crippen molar-refractivity contribution < 1.29 is 0 Å². The number of thioether (sulfide) groups is 2. The molecule has 1 aromatic rings. The van der Waals surface area contributed by atoms with Crippen LogP contribution in [0.1, 0.15) is 56.8 Å². The minimum atomic E-state index is 0.603. The van der Waals surface area contributed by atoms with Crippen LogP contribution >= 0.6 is 23.5 Å². The van der Waals surface area contributed by atoms with Crippen molar-refractivity contribution in [3.05, 3.63) is 5.82 Å². The molecule has 1 heterocycles. The highest BCUT2D eigenvalue weighted by atomic mass is 32.2. The summed E-state index contributed by atoms with van der Waals surface area (Å²) in [6.07, 6.45) is 13.9. The van der Waals surface area contributed by atoms with Crippen molar-refractivity contribution in [2.75, 3.05) is 38.4 Å². The number of unbranched alkanes of at least 4 members (excludes halogenated alkanes) is 1. The lowest BCUT2D eigenvalue weighted by molar-refractivity contribution is 0.460. The SMILES string of the molecule is CN=C(NCCCCSC)NCCCc1nnc(SC)n1C1CCCC1. The van der Waals surface area contributed by atoms with Crippen molar-refractivity contribution in [2.45, 2.75) is 62.6 Å². The fourth-order valence-electron chi connectivity index (χ4n) is 3.40. The van der Waals surface area contributed by atoms with Crippen LogP contribution in [0.15, 0.2) is 10.1 Å². The van der Waals surface area contributed by atoms with Gasteiger partial charge in [-0.15, -0.1) is 10.2 Å². The number of aliphatic imine (C=N–C) groups is 1. The lowest BCUT2D eigenvalue weighted by Crippen LogP contribution is -2.38. The summed E-state index contributed by atoms with van der Waals surface area (Å²) in [6, 6.07) is 0.603. The van der Waals surface area contributed by atoms with Gasteiger partial charge < -0.3 is 15.2 Å². The first-order chi connectivity index (χ1) is 12.8. The lowest BCUT2D eigenvalue weighted by Gasteiger charge is -2.16. The van der Waals surface area contributed by atoms with Crippen molar-refractivity contribution in [1.82, 2.24) is 25.4 Å². The molecule has 0 bridgehead atoms. The number of aromatic nitrogens is 3. The van der Waals surface area contributed by atoms with E-state index < -0.39 is 0 Å². The molecule has 1 fully saturated rings. The third kappa shape index (κ3) is 6.68. The topological polar surface area (TPSA) is 67.1 Å². The summed E-state index contributed by atoms with van der Waals surface area (Å²) < 4.78 is 2.40. The Morgan fingerprint density at radius 1 is 1.12 bits per heavy atom. The summed E-state index contributed by atoms with van der Waals surface area (Å²) in [7, 11) is 1.83. The molecule has 8 heteroatoms. The number of hydrogen-bond donors (Lipinski definition) is 2. The number of rotatable bonds is 11. The van der Waals surface area contributed by atoms with Gasteiger partial charge in [0.2, 0.25) is 0 Å². The highest BCUT2D eigenvalue weighted by molar-refractivity contribution is 7.98.